The number of aliphatic hydroxyl groups is 1. The number of sulfone groups is 1. The van der Waals surface area contributed by atoms with E-state index in [2.05, 4.69) is 12.1 Å². The molecule has 3 unspecified atom stereocenters. The van der Waals surface area contributed by atoms with Crippen molar-refractivity contribution < 1.29 is 13.5 Å². The number of fused-ring (bicyclic) bond motifs is 1. The maximum absolute atomic E-state index is 11.8. The van der Waals surface area contributed by atoms with E-state index in [-0.39, 0.29) is 11.2 Å². The molecule has 0 amide bonds. The van der Waals surface area contributed by atoms with Crippen molar-refractivity contribution in [3.05, 3.63) is 34.9 Å². The summed E-state index contributed by atoms with van der Waals surface area (Å²) < 4.78 is 23.5. The molecule has 1 fully saturated rings. The topological polar surface area (TPSA) is 54.4 Å². The van der Waals surface area contributed by atoms with Crippen LogP contribution in [0.2, 0.25) is 0 Å². The summed E-state index contributed by atoms with van der Waals surface area (Å²) in [5.74, 6) is 0.0675. The van der Waals surface area contributed by atoms with Gasteiger partial charge in [0.2, 0.25) is 0 Å². The summed E-state index contributed by atoms with van der Waals surface area (Å²) in [4.78, 5) is 0. The molecule has 4 heteroatoms. The van der Waals surface area contributed by atoms with E-state index in [1.165, 1.54) is 23.8 Å². The predicted molar refractivity (Wildman–Crippen MR) is 84.0 cm³/mol. The second-order valence-corrected chi connectivity index (χ2v) is 9.03. The van der Waals surface area contributed by atoms with Crippen LogP contribution in [0, 0.1) is 5.92 Å². The second kappa shape index (κ2) is 5.73. The molecule has 0 heterocycles. The van der Waals surface area contributed by atoms with Crippen LogP contribution in [-0.4, -0.2) is 25.0 Å². The molecule has 0 aliphatic heterocycles. The van der Waals surface area contributed by atoms with Gasteiger partial charge in [0.25, 0.3) is 0 Å². The fourth-order valence-corrected chi connectivity index (χ4v) is 5.10. The van der Waals surface area contributed by atoms with Crippen molar-refractivity contribution in [3.63, 3.8) is 0 Å². The third kappa shape index (κ3) is 3.16. The SMILES string of the molecule is CS(=O)(=O)C1CCCC(C(O)c2ccc3c(c2)CCC3)C1. The Bertz CT molecular complexity index is 621. The van der Waals surface area contributed by atoms with Crippen LogP contribution < -0.4 is 0 Å². The molecular weight excluding hydrogens is 284 g/mol. The summed E-state index contributed by atoms with van der Waals surface area (Å²) in [5.41, 5.74) is 3.74. The van der Waals surface area contributed by atoms with E-state index in [1.54, 1.807) is 0 Å². The normalized spacial score (nSPS) is 27.3. The molecule has 3 atom stereocenters. The van der Waals surface area contributed by atoms with E-state index >= 15 is 0 Å². The van der Waals surface area contributed by atoms with Gasteiger partial charge in [0.15, 0.2) is 0 Å². The Balaban J connectivity index is 1.77. The zero-order valence-corrected chi connectivity index (χ0v) is 13.4. The number of rotatable bonds is 3. The minimum absolute atomic E-state index is 0.0675. The molecule has 0 radical (unpaired) electrons. The third-order valence-electron chi connectivity index (χ3n) is 5.18. The smallest absolute Gasteiger partial charge is 0.150 e. The fraction of sp³-hybridized carbons (Fsp3) is 0.647. The van der Waals surface area contributed by atoms with Gasteiger partial charge in [0, 0.05) is 6.26 Å². The van der Waals surface area contributed by atoms with Gasteiger partial charge in [-0.1, -0.05) is 24.6 Å². The van der Waals surface area contributed by atoms with E-state index in [1.807, 2.05) is 6.07 Å². The Morgan fingerprint density at radius 2 is 1.90 bits per heavy atom. The highest BCUT2D eigenvalue weighted by Crippen LogP contribution is 2.37. The first kappa shape index (κ1) is 15.0. The Labute approximate surface area is 127 Å². The zero-order valence-electron chi connectivity index (χ0n) is 12.6. The van der Waals surface area contributed by atoms with Crippen molar-refractivity contribution in [2.45, 2.75) is 56.3 Å². The van der Waals surface area contributed by atoms with Crippen LogP contribution >= 0.6 is 0 Å². The van der Waals surface area contributed by atoms with Gasteiger partial charge < -0.3 is 5.11 Å². The van der Waals surface area contributed by atoms with Crippen molar-refractivity contribution in [2.75, 3.05) is 6.26 Å². The van der Waals surface area contributed by atoms with Gasteiger partial charge in [-0.3, -0.25) is 0 Å². The molecule has 2 aliphatic rings. The van der Waals surface area contributed by atoms with Gasteiger partial charge in [0.05, 0.1) is 11.4 Å². The molecule has 1 N–H and O–H groups in total. The largest absolute Gasteiger partial charge is 0.388 e. The number of aryl methyl sites for hydroxylation is 2. The molecule has 2 aliphatic carbocycles. The molecule has 3 rings (SSSR count). The van der Waals surface area contributed by atoms with E-state index in [4.69, 9.17) is 0 Å². The Morgan fingerprint density at radius 1 is 1.14 bits per heavy atom. The van der Waals surface area contributed by atoms with E-state index in [0.29, 0.717) is 6.42 Å². The average Bonchev–Trinajstić information content (AvgIpc) is 2.93. The first-order chi connectivity index (χ1) is 9.95. The van der Waals surface area contributed by atoms with Gasteiger partial charge in [-0.15, -0.1) is 0 Å². The standard InChI is InChI=1S/C17H24O3S/c1-21(19,20)16-7-3-6-14(11-16)17(18)15-9-8-12-4-2-5-13(12)10-15/h8-10,14,16-18H,2-7,11H2,1H3. The second-order valence-electron chi connectivity index (χ2n) is 6.70. The number of aliphatic hydroxyl groups excluding tert-OH is 1. The van der Waals surface area contributed by atoms with Crippen LogP contribution in [0.4, 0.5) is 0 Å². The molecule has 0 aromatic heterocycles. The summed E-state index contributed by atoms with van der Waals surface area (Å²) >= 11 is 0. The maximum atomic E-state index is 11.8. The molecule has 0 saturated heterocycles. The lowest BCUT2D eigenvalue weighted by Gasteiger charge is -2.31. The highest BCUT2D eigenvalue weighted by atomic mass is 32.2. The van der Waals surface area contributed by atoms with Gasteiger partial charge in [-0.2, -0.15) is 0 Å². The van der Waals surface area contributed by atoms with Gasteiger partial charge in [-0.25, -0.2) is 8.42 Å². The molecule has 116 valence electrons. The molecule has 0 spiro atoms. The lowest BCUT2D eigenvalue weighted by Crippen LogP contribution is -2.30. The molecule has 1 aromatic rings. The van der Waals surface area contributed by atoms with Gasteiger partial charge >= 0.3 is 0 Å². The summed E-state index contributed by atoms with van der Waals surface area (Å²) in [6.45, 7) is 0. The van der Waals surface area contributed by atoms with Crippen LogP contribution in [0.3, 0.4) is 0 Å². The molecule has 3 nitrogen and oxygen atoms in total. The van der Waals surface area contributed by atoms with Crippen LogP contribution in [0.15, 0.2) is 18.2 Å². The van der Waals surface area contributed by atoms with Gasteiger partial charge in [0.1, 0.15) is 9.84 Å². The van der Waals surface area contributed by atoms with Crippen LogP contribution in [0.25, 0.3) is 0 Å². The fourth-order valence-electron chi connectivity index (χ4n) is 3.90. The third-order valence-corrected chi connectivity index (χ3v) is 6.82. The van der Waals surface area contributed by atoms with E-state index in [0.717, 1.165) is 37.7 Å². The highest BCUT2D eigenvalue weighted by molar-refractivity contribution is 7.91. The molecule has 1 saturated carbocycles. The summed E-state index contributed by atoms with van der Waals surface area (Å²) in [6.07, 6.45) is 7.40. The number of hydrogen-bond donors (Lipinski definition) is 1. The van der Waals surface area contributed by atoms with Gasteiger partial charge in [-0.05, 0) is 61.1 Å². The Morgan fingerprint density at radius 3 is 2.67 bits per heavy atom. The van der Waals surface area contributed by atoms with Crippen LogP contribution in [0.1, 0.15) is 54.9 Å². The molecule has 0 bridgehead atoms. The first-order valence-electron chi connectivity index (χ1n) is 7.94. The Kier molecular flexibility index (Phi) is 4.10. The van der Waals surface area contributed by atoms with E-state index < -0.39 is 15.9 Å². The van der Waals surface area contributed by atoms with Crippen molar-refractivity contribution in [1.29, 1.82) is 0 Å². The van der Waals surface area contributed by atoms with Crippen LogP contribution in [0.5, 0.6) is 0 Å². The summed E-state index contributed by atoms with van der Waals surface area (Å²) in [6, 6.07) is 6.30. The van der Waals surface area contributed by atoms with Crippen molar-refractivity contribution >= 4 is 9.84 Å². The first-order valence-corrected chi connectivity index (χ1v) is 9.89. The molecule has 1 aromatic carbocycles. The van der Waals surface area contributed by atoms with Crippen molar-refractivity contribution in [2.24, 2.45) is 5.92 Å². The predicted octanol–water partition coefficient (Wildman–Crippen LogP) is 2.81. The lowest BCUT2D eigenvalue weighted by atomic mass is 9.82. The highest BCUT2D eigenvalue weighted by Gasteiger charge is 2.33. The monoisotopic (exact) mass is 308 g/mol. The minimum Gasteiger partial charge on any atom is -0.388 e. The maximum Gasteiger partial charge on any atom is 0.150 e. The van der Waals surface area contributed by atoms with Crippen molar-refractivity contribution in [1.82, 2.24) is 0 Å². The average molecular weight is 308 g/mol. The number of hydrogen-bond acceptors (Lipinski definition) is 3. The summed E-state index contributed by atoms with van der Waals surface area (Å²) in [7, 11) is -3.00. The van der Waals surface area contributed by atoms with E-state index in [9.17, 15) is 13.5 Å². The van der Waals surface area contributed by atoms with Crippen molar-refractivity contribution in [3.8, 4) is 0 Å². The quantitative estimate of drug-likeness (QED) is 0.934. The minimum atomic E-state index is -3.00. The zero-order chi connectivity index (χ0) is 15.0. The molecular formula is C17H24O3S. The summed E-state index contributed by atoms with van der Waals surface area (Å²) in [5, 5.41) is 10.4. The van der Waals surface area contributed by atoms with Crippen LogP contribution in [-0.2, 0) is 22.7 Å². The lowest BCUT2D eigenvalue weighted by molar-refractivity contribution is 0.0856. The Hall–Kier alpha value is -0.870. The number of benzene rings is 1. The molecule has 21 heavy (non-hydrogen) atoms.